The minimum Gasteiger partial charge on any atom is -0.376 e. The zero-order chi connectivity index (χ0) is 28.6. The molecule has 1 saturated heterocycles. The fourth-order valence-corrected chi connectivity index (χ4v) is 6.54. The summed E-state index contributed by atoms with van der Waals surface area (Å²) in [6.45, 7) is 8.97. The van der Waals surface area contributed by atoms with Crippen molar-refractivity contribution in [1.29, 1.82) is 0 Å². The van der Waals surface area contributed by atoms with E-state index in [1.54, 1.807) is 16.5 Å². The zero-order valence-electron chi connectivity index (χ0n) is 25.2. The second-order valence-electron chi connectivity index (χ2n) is 12.3. The van der Waals surface area contributed by atoms with Gasteiger partial charge in [0.15, 0.2) is 11.6 Å². The molecule has 0 aliphatic carbocycles. The van der Waals surface area contributed by atoms with Crippen LogP contribution in [0.3, 0.4) is 0 Å². The Balaban J connectivity index is 1.71. The zero-order valence-corrected chi connectivity index (χ0v) is 25.2. The standard InChI is InChI=1S/C33H49N3O4/c1-5-28(38)33-29-16-17-35(33)30(39)22-36-32-26(15-13-11-9-7-6-8-10-12-14-18-40-29)20-25(19-23(2)3)21-27(32)31(34-36)24(4)37/h20-21,23,29,33H,5-19,22H2,1-4H3/t29-,33-/m1/s1. The monoisotopic (exact) mass is 551 g/mol. The van der Waals surface area contributed by atoms with E-state index in [9.17, 15) is 14.4 Å². The molecule has 0 saturated carbocycles. The first kappa shape index (κ1) is 30.4. The topological polar surface area (TPSA) is 81.5 Å². The van der Waals surface area contributed by atoms with Crippen LogP contribution in [0.5, 0.6) is 0 Å². The summed E-state index contributed by atoms with van der Waals surface area (Å²) in [6, 6.07) is 3.82. The number of hydrogen-bond acceptors (Lipinski definition) is 5. The first-order valence-electron chi connectivity index (χ1n) is 15.8. The van der Waals surface area contributed by atoms with Crippen LogP contribution >= 0.6 is 0 Å². The number of ketones is 2. The van der Waals surface area contributed by atoms with Gasteiger partial charge >= 0.3 is 0 Å². The van der Waals surface area contributed by atoms with Crippen LogP contribution < -0.4 is 0 Å². The van der Waals surface area contributed by atoms with Crippen molar-refractivity contribution >= 4 is 28.4 Å². The number of fused-ring (bicyclic) bond motifs is 2. The number of carbonyl (C=O) groups is 3. The summed E-state index contributed by atoms with van der Waals surface area (Å²) in [7, 11) is 0. The number of carbonyl (C=O) groups excluding carboxylic acids is 3. The third-order valence-corrected chi connectivity index (χ3v) is 8.51. The summed E-state index contributed by atoms with van der Waals surface area (Å²) in [5, 5.41) is 5.57. The van der Waals surface area contributed by atoms with E-state index in [1.165, 1.54) is 49.7 Å². The Kier molecular flexibility index (Phi) is 10.9. The third-order valence-electron chi connectivity index (χ3n) is 8.51. The van der Waals surface area contributed by atoms with Gasteiger partial charge in [0.2, 0.25) is 5.91 Å². The van der Waals surface area contributed by atoms with Crippen molar-refractivity contribution in [3.63, 3.8) is 0 Å². The average molecular weight is 552 g/mol. The Labute approximate surface area is 240 Å². The van der Waals surface area contributed by atoms with Crippen molar-refractivity contribution in [3.05, 3.63) is 29.0 Å². The summed E-state index contributed by atoms with van der Waals surface area (Å²) < 4.78 is 7.95. The van der Waals surface area contributed by atoms with Gasteiger partial charge in [-0.2, -0.15) is 5.10 Å². The van der Waals surface area contributed by atoms with Crippen molar-refractivity contribution in [1.82, 2.24) is 14.7 Å². The van der Waals surface area contributed by atoms with Gasteiger partial charge in [-0.05, 0) is 55.2 Å². The molecule has 2 atom stereocenters. The highest BCUT2D eigenvalue weighted by Gasteiger charge is 2.41. The van der Waals surface area contributed by atoms with E-state index in [1.807, 2.05) is 6.92 Å². The van der Waals surface area contributed by atoms with Crippen LogP contribution in [-0.2, 0) is 33.7 Å². The lowest BCUT2D eigenvalue weighted by Crippen LogP contribution is -2.47. The lowest BCUT2D eigenvalue weighted by Gasteiger charge is -2.27. The molecule has 1 aromatic carbocycles. The molecule has 0 unspecified atom stereocenters. The summed E-state index contributed by atoms with van der Waals surface area (Å²) in [5.41, 5.74) is 3.70. The predicted octanol–water partition coefficient (Wildman–Crippen LogP) is 6.47. The highest BCUT2D eigenvalue weighted by Crippen LogP contribution is 2.30. The lowest BCUT2D eigenvalue weighted by atomic mass is 9.95. The number of amides is 1. The fraction of sp³-hybridized carbons (Fsp3) is 0.697. The highest BCUT2D eigenvalue weighted by molar-refractivity contribution is 6.06. The van der Waals surface area contributed by atoms with Gasteiger partial charge in [0.25, 0.3) is 0 Å². The summed E-state index contributed by atoms with van der Waals surface area (Å²) >= 11 is 0. The molecule has 0 radical (unpaired) electrons. The van der Waals surface area contributed by atoms with Crippen LogP contribution in [0.4, 0.5) is 0 Å². The van der Waals surface area contributed by atoms with Gasteiger partial charge in [0.1, 0.15) is 18.3 Å². The van der Waals surface area contributed by atoms with E-state index in [0.29, 0.717) is 37.6 Å². The van der Waals surface area contributed by atoms with Crippen LogP contribution in [0, 0.1) is 5.92 Å². The fourth-order valence-electron chi connectivity index (χ4n) is 6.54. The Bertz CT molecular complexity index is 1180. The molecule has 2 bridgehead atoms. The van der Waals surface area contributed by atoms with E-state index in [0.717, 1.165) is 43.0 Å². The maximum absolute atomic E-state index is 13.8. The first-order valence-corrected chi connectivity index (χ1v) is 15.8. The van der Waals surface area contributed by atoms with E-state index in [-0.39, 0.29) is 30.1 Å². The van der Waals surface area contributed by atoms with E-state index in [2.05, 4.69) is 26.0 Å². The molecule has 7 nitrogen and oxygen atoms in total. The van der Waals surface area contributed by atoms with Crippen molar-refractivity contribution in [3.8, 4) is 0 Å². The van der Waals surface area contributed by atoms with Crippen LogP contribution in [0.15, 0.2) is 12.1 Å². The number of hydrogen-bond donors (Lipinski definition) is 0. The maximum atomic E-state index is 13.8. The molecule has 2 aliphatic heterocycles. The molecule has 1 amide bonds. The van der Waals surface area contributed by atoms with E-state index >= 15 is 0 Å². The molecule has 0 spiro atoms. The minimum absolute atomic E-state index is 0.0144. The summed E-state index contributed by atoms with van der Waals surface area (Å²) in [6.07, 6.45) is 13.3. The Hall–Kier alpha value is -2.54. The normalized spacial score (nSPS) is 22.1. The predicted molar refractivity (Wildman–Crippen MR) is 159 cm³/mol. The number of aromatic nitrogens is 2. The van der Waals surface area contributed by atoms with E-state index < -0.39 is 6.04 Å². The van der Waals surface area contributed by atoms with Gasteiger partial charge in [-0.25, -0.2) is 0 Å². The van der Waals surface area contributed by atoms with Gasteiger partial charge in [0, 0.05) is 31.9 Å². The lowest BCUT2D eigenvalue weighted by molar-refractivity contribution is -0.141. The smallest absolute Gasteiger partial charge is 0.245 e. The number of benzene rings is 1. The van der Waals surface area contributed by atoms with Crippen LogP contribution in [0.1, 0.15) is 120 Å². The summed E-state index contributed by atoms with van der Waals surface area (Å²) in [5.74, 6) is 0.312. The number of Topliss-reactive ketones (excluding diaryl/α,β-unsaturated/α-hetero) is 2. The molecular formula is C33H49N3O4. The van der Waals surface area contributed by atoms with Crippen molar-refractivity contribution in [2.24, 2.45) is 5.92 Å². The molecule has 0 N–H and O–H groups in total. The highest BCUT2D eigenvalue weighted by atomic mass is 16.5. The Morgan fingerprint density at radius 1 is 1.02 bits per heavy atom. The van der Waals surface area contributed by atoms with Gasteiger partial charge < -0.3 is 9.64 Å². The number of ether oxygens (including phenoxy) is 1. The van der Waals surface area contributed by atoms with E-state index in [4.69, 9.17) is 9.84 Å². The molecule has 40 heavy (non-hydrogen) atoms. The molecule has 2 aromatic rings. The second-order valence-corrected chi connectivity index (χ2v) is 12.3. The maximum Gasteiger partial charge on any atom is 0.245 e. The van der Waals surface area contributed by atoms with Crippen LogP contribution in [0.2, 0.25) is 0 Å². The number of aryl methyl sites for hydroxylation is 1. The van der Waals surface area contributed by atoms with Crippen LogP contribution in [-0.4, -0.2) is 57.5 Å². The first-order chi connectivity index (χ1) is 19.3. The van der Waals surface area contributed by atoms with Crippen molar-refractivity contribution < 1.29 is 19.1 Å². The minimum atomic E-state index is -0.547. The molecule has 4 rings (SSSR count). The SMILES string of the molecule is CCC(=O)[C@@H]1[C@H]2CCN1C(=O)Cn1nc(C(C)=O)c3cc(CC(C)C)cc(c31)CCCCCCCCCCCO2. The second kappa shape index (κ2) is 14.4. The molecule has 7 heteroatoms. The van der Waals surface area contributed by atoms with Gasteiger partial charge in [-0.3, -0.25) is 19.1 Å². The third kappa shape index (κ3) is 7.39. The average Bonchev–Trinajstić information content (AvgIpc) is 3.50. The molecule has 2 aliphatic rings. The number of nitrogens with zero attached hydrogens (tertiary/aromatic N) is 3. The van der Waals surface area contributed by atoms with Crippen LogP contribution in [0.25, 0.3) is 10.9 Å². The molecule has 1 fully saturated rings. The summed E-state index contributed by atoms with van der Waals surface area (Å²) in [4.78, 5) is 41.3. The quantitative estimate of drug-likeness (QED) is 0.398. The largest absolute Gasteiger partial charge is 0.376 e. The van der Waals surface area contributed by atoms with Gasteiger partial charge in [0.05, 0.1) is 11.6 Å². The molecule has 3 heterocycles. The number of rotatable bonds is 5. The van der Waals surface area contributed by atoms with Gasteiger partial charge in [-0.15, -0.1) is 0 Å². The van der Waals surface area contributed by atoms with Crippen molar-refractivity contribution in [2.75, 3.05) is 13.2 Å². The molecular weight excluding hydrogens is 502 g/mol. The molecule has 220 valence electrons. The Morgan fingerprint density at radius 3 is 2.35 bits per heavy atom. The van der Waals surface area contributed by atoms with Gasteiger partial charge in [-0.1, -0.05) is 71.8 Å². The Morgan fingerprint density at radius 2 is 1.70 bits per heavy atom. The van der Waals surface area contributed by atoms with Crippen molar-refractivity contribution in [2.45, 2.75) is 130 Å². The molecule has 1 aromatic heterocycles.